The second kappa shape index (κ2) is 12.5. The number of halogens is 2. The molecule has 6 heteroatoms. The zero-order valence-electron chi connectivity index (χ0n) is 18.5. The summed E-state index contributed by atoms with van der Waals surface area (Å²) in [4.78, 5) is 8.95. The van der Waals surface area contributed by atoms with Crippen molar-refractivity contribution >= 4 is 6.47 Å². The van der Waals surface area contributed by atoms with Crippen molar-refractivity contribution in [2.75, 3.05) is 20.3 Å². The second-order valence-corrected chi connectivity index (χ2v) is 7.78. The number of rotatable bonds is 3. The number of ether oxygens (including phenoxy) is 3. The summed E-state index contributed by atoms with van der Waals surface area (Å²) in [6.07, 6.45) is 6.13. The lowest BCUT2D eigenvalue weighted by Gasteiger charge is -2.34. The van der Waals surface area contributed by atoms with Gasteiger partial charge in [-0.05, 0) is 43.4 Å². The van der Waals surface area contributed by atoms with Crippen molar-refractivity contribution in [3.05, 3.63) is 59.7 Å². The van der Waals surface area contributed by atoms with Crippen LogP contribution in [-0.2, 0) is 19.0 Å². The molecule has 1 spiro atoms. The van der Waals surface area contributed by atoms with E-state index in [0.29, 0.717) is 12.0 Å². The number of hydrogen-bond donors (Lipinski definition) is 0. The van der Waals surface area contributed by atoms with Gasteiger partial charge >= 0.3 is 0 Å². The first-order valence-electron chi connectivity index (χ1n) is 10.7. The van der Waals surface area contributed by atoms with Crippen molar-refractivity contribution < 1.29 is 27.8 Å². The maximum Gasteiger partial charge on any atom is 0.292 e. The fraction of sp³-hybridized carbons (Fsp3) is 0.480. The van der Waals surface area contributed by atoms with Crippen molar-refractivity contribution in [1.29, 1.82) is 0 Å². The molecule has 0 unspecified atom stereocenters. The summed E-state index contributed by atoms with van der Waals surface area (Å²) in [5.74, 6) is -0.309. The lowest BCUT2D eigenvalue weighted by Crippen LogP contribution is -2.34. The number of benzene rings is 2. The van der Waals surface area contributed by atoms with Crippen molar-refractivity contribution in [2.24, 2.45) is 5.92 Å². The zero-order chi connectivity index (χ0) is 22.7. The largest absolute Gasteiger partial charge is 0.471 e. The molecule has 4 nitrogen and oxygen atoms in total. The van der Waals surface area contributed by atoms with E-state index in [2.05, 4.69) is 11.7 Å². The molecular formula is C25H32F2O4. The minimum atomic E-state index is -0.552. The first-order chi connectivity index (χ1) is 14.9. The third-order valence-corrected chi connectivity index (χ3v) is 5.65. The normalized spacial score (nSPS) is 17.2. The molecule has 31 heavy (non-hydrogen) atoms. The Morgan fingerprint density at radius 3 is 2.13 bits per heavy atom. The topological polar surface area (TPSA) is 44.8 Å². The Hall–Kier alpha value is -2.31. The lowest BCUT2D eigenvalue weighted by molar-refractivity contribution is -0.182. The predicted molar refractivity (Wildman–Crippen MR) is 116 cm³/mol. The quantitative estimate of drug-likeness (QED) is 0.551. The third kappa shape index (κ3) is 7.71. The molecule has 2 aromatic carbocycles. The molecule has 0 amide bonds. The number of aryl methyl sites for hydroxylation is 1. The van der Waals surface area contributed by atoms with Gasteiger partial charge in [0.25, 0.3) is 6.47 Å². The molecule has 0 N–H and O–H groups in total. The molecule has 2 aromatic rings. The Morgan fingerprint density at radius 1 is 1.06 bits per heavy atom. The maximum atomic E-state index is 13.4. The predicted octanol–water partition coefficient (Wildman–Crippen LogP) is 6.06. The van der Waals surface area contributed by atoms with Crippen LogP contribution in [0.2, 0.25) is 0 Å². The zero-order valence-corrected chi connectivity index (χ0v) is 18.5. The summed E-state index contributed by atoms with van der Waals surface area (Å²) in [5.41, 5.74) is 2.30. The molecule has 1 heterocycles. The fourth-order valence-corrected chi connectivity index (χ4v) is 3.77. The summed E-state index contributed by atoms with van der Waals surface area (Å²) >= 11 is 0. The monoisotopic (exact) mass is 434 g/mol. The highest BCUT2D eigenvalue weighted by Gasteiger charge is 2.39. The van der Waals surface area contributed by atoms with E-state index in [1.54, 1.807) is 0 Å². The van der Waals surface area contributed by atoms with Crippen LogP contribution in [0, 0.1) is 24.5 Å². The fourth-order valence-electron chi connectivity index (χ4n) is 3.77. The Balaban J connectivity index is 0.000000192. The highest BCUT2D eigenvalue weighted by molar-refractivity contribution is 5.64. The van der Waals surface area contributed by atoms with Gasteiger partial charge in [-0.2, -0.15) is 0 Å². The SMILES string of the molecule is CCC1CCC2(CC1)OCCO2.COC=O.Cc1ccc(-c2ccc(F)cc2F)cc1. The highest BCUT2D eigenvalue weighted by Crippen LogP contribution is 2.39. The van der Waals surface area contributed by atoms with Crippen LogP contribution in [0.3, 0.4) is 0 Å². The molecule has 4 rings (SSSR count). The molecular weight excluding hydrogens is 402 g/mol. The van der Waals surface area contributed by atoms with Gasteiger partial charge in [-0.15, -0.1) is 0 Å². The Morgan fingerprint density at radius 2 is 1.65 bits per heavy atom. The number of carbonyl (C=O) groups excluding carboxylic acids is 1. The van der Waals surface area contributed by atoms with Gasteiger partial charge in [-0.3, -0.25) is 4.79 Å². The first-order valence-corrected chi connectivity index (χ1v) is 10.7. The van der Waals surface area contributed by atoms with Crippen molar-refractivity contribution in [3.8, 4) is 11.1 Å². The highest BCUT2D eigenvalue weighted by atomic mass is 19.1. The molecule has 2 aliphatic rings. The van der Waals surface area contributed by atoms with Gasteiger partial charge in [0.05, 0.1) is 20.3 Å². The summed E-state index contributed by atoms with van der Waals surface area (Å²) in [5, 5.41) is 0. The lowest BCUT2D eigenvalue weighted by atomic mass is 9.84. The van der Waals surface area contributed by atoms with Crippen LogP contribution in [-0.4, -0.2) is 32.6 Å². The molecule has 1 aliphatic heterocycles. The van der Waals surface area contributed by atoms with E-state index < -0.39 is 11.6 Å². The average molecular weight is 435 g/mol. The van der Waals surface area contributed by atoms with E-state index in [1.165, 1.54) is 38.5 Å². The van der Waals surface area contributed by atoms with Crippen LogP contribution in [0.4, 0.5) is 8.78 Å². The standard InChI is InChI=1S/C13H10F2.C10H18O2.C2H4O2/c1-9-2-4-10(5-3-9)12-7-6-11(14)8-13(12)15;1-2-9-3-5-10(6-4-9)11-7-8-12-10;1-4-2-3/h2-8H,1H3;9H,2-8H2,1H3;2H,1H3. The smallest absolute Gasteiger partial charge is 0.292 e. The van der Waals surface area contributed by atoms with E-state index in [-0.39, 0.29) is 5.79 Å². The molecule has 1 aliphatic carbocycles. The van der Waals surface area contributed by atoms with Crippen molar-refractivity contribution in [3.63, 3.8) is 0 Å². The number of hydrogen-bond acceptors (Lipinski definition) is 4. The summed E-state index contributed by atoms with van der Waals surface area (Å²) in [7, 11) is 1.31. The van der Waals surface area contributed by atoms with E-state index in [4.69, 9.17) is 14.3 Å². The number of methoxy groups -OCH3 is 1. The minimum Gasteiger partial charge on any atom is -0.471 e. The number of carbonyl (C=O) groups is 1. The first kappa shape index (κ1) is 25.0. The van der Waals surface area contributed by atoms with Crippen LogP contribution < -0.4 is 0 Å². The van der Waals surface area contributed by atoms with E-state index in [0.717, 1.165) is 49.2 Å². The molecule has 0 bridgehead atoms. The van der Waals surface area contributed by atoms with Gasteiger partial charge < -0.3 is 14.2 Å². The molecule has 170 valence electrons. The minimum absolute atomic E-state index is 0.147. The van der Waals surface area contributed by atoms with E-state index in [1.807, 2.05) is 31.2 Å². The van der Waals surface area contributed by atoms with E-state index in [9.17, 15) is 8.78 Å². The summed E-state index contributed by atoms with van der Waals surface area (Å²) < 4.78 is 41.2. The Kier molecular flexibility index (Phi) is 10.1. The van der Waals surface area contributed by atoms with Gasteiger partial charge in [0.15, 0.2) is 5.79 Å². The maximum absolute atomic E-state index is 13.4. The third-order valence-electron chi connectivity index (χ3n) is 5.65. The van der Waals surface area contributed by atoms with Crippen LogP contribution >= 0.6 is 0 Å². The molecule has 0 radical (unpaired) electrons. The van der Waals surface area contributed by atoms with Crippen molar-refractivity contribution in [1.82, 2.24) is 0 Å². The van der Waals surface area contributed by atoms with Crippen LogP contribution in [0.5, 0.6) is 0 Å². The molecule has 0 aromatic heterocycles. The van der Waals surface area contributed by atoms with Crippen LogP contribution in [0.25, 0.3) is 11.1 Å². The Labute approximate surface area is 183 Å². The van der Waals surface area contributed by atoms with Gasteiger partial charge in [-0.1, -0.05) is 43.2 Å². The molecule has 1 saturated heterocycles. The van der Waals surface area contributed by atoms with Gasteiger partial charge in [0.1, 0.15) is 11.6 Å². The van der Waals surface area contributed by atoms with Gasteiger partial charge in [0.2, 0.25) is 0 Å². The Bertz CT molecular complexity index is 792. The van der Waals surface area contributed by atoms with Gasteiger partial charge in [-0.25, -0.2) is 8.78 Å². The average Bonchev–Trinajstić information content (AvgIpc) is 3.24. The van der Waals surface area contributed by atoms with Crippen LogP contribution in [0.15, 0.2) is 42.5 Å². The van der Waals surface area contributed by atoms with Crippen molar-refractivity contribution in [2.45, 2.75) is 51.7 Å². The van der Waals surface area contributed by atoms with E-state index >= 15 is 0 Å². The van der Waals surface area contributed by atoms with Crippen LogP contribution in [0.1, 0.15) is 44.6 Å². The molecule has 1 saturated carbocycles. The molecule has 0 atom stereocenters. The second-order valence-electron chi connectivity index (χ2n) is 7.78. The summed E-state index contributed by atoms with van der Waals surface area (Å²) in [6.45, 7) is 6.22. The molecule has 2 fully saturated rings. The van der Waals surface area contributed by atoms with Gasteiger partial charge in [0, 0.05) is 24.5 Å². The summed E-state index contributed by atoms with van der Waals surface area (Å²) in [6, 6.07) is 11.1.